The summed E-state index contributed by atoms with van der Waals surface area (Å²) in [4.78, 5) is 29.1. The molecule has 3 rings (SSSR count). The third kappa shape index (κ3) is 3.92. The Balaban J connectivity index is 1.56. The molecule has 3 heterocycles. The Bertz CT molecular complexity index is 634. The summed E-state index contributed by atoms with van der Waals surface area (Å²) in [6.45, 7) is 5.81. The highest BCUT2D eigenvalue weighted by atomic mass is 16.5. The van der Waals surface area contributed by atoms with Gasteiger partial charge in [-0.05, 0) is 25.7 Å². The number of nitrogens with zero attached hydrogens (tertiary/aromatic N) is 3. The highest BCUT2D eigenvalue weighted by Crippen LogP contribution is 2.41. The number of H-pyrrole nitrogens is 1. The number of aromatic nitrogens is 2. The summed E-state index contributed by atoms with van der Waals surface area (Å²) in [5, 5.41) is 7.00. The molecule has 0 saturated carbocycles. The molecule has 7 heteroatoms. The van der Waals surface area contributed by atoms with E-state index in [-0.39, 0.29) is 17.2 Å². The first-order chi connectivity index (χ1) is 12.6. The number of aryl methyl sites for hydroxylation is 1. The minimum absolute atomic E-state index is 0.0452. The van der Waals surface area contributed by atoms with Gasteiger partial charge in [0, 0.05) is 57.4 Å². The topological polar surface area (TPSA) is 78.5 Å². The zero-order chi connectivity index (χ0) is 18.6. The van der Waals surface area contributed by atoms with Crippen LogP contribution in [0.1, 0.15) is 55.1 Å². The fourth-order valence-electron chi connectivity index (χ4n) is 4.21. The third-order valence-corrected chi connectivity index (χ3v) is 5.74. The molecule has 1 aromatic rings. The quantitative estimate of drug-likeness (QED) is 0.751. The molecule has 7 nitrogen and oxygen atoms in total. The lowest BCUT2D eigenvalue weighted by Crippen LogP contribution is -2.44. The molecule has 2 aliphatic rings. The Labute approximate surface area is 155 Å². The van der Waals surface area contributed by atoms with E-state index in [4.69, 9.17) is 4.74 Å². The smallest absolute Gasteiger partial charge is 0.257 e. The van der Waals surface area contributed by atoms with Crippen LogP contribution in [0.5, 0.6) is 0 Å². The first-order valence-electron chi connectivity index (χ1n) is 9.67. The molecule has 0 bridgehead atoms. The Morgan fingerprint density at radius 1 is 1.38 bits per heavy atom. The summed E-state index contributed by atoms with van der Waals surface area (Å²) in [6.07, 6.45) is 6.75. The SMILES string of the molecule is CCCc1[nH]ncc1C(=O)N1CCC2(CC1)CC(=O)N(CCCOC)C2. The van der Waals surface area contributed by atoms with Crippen LogP contribution in [0.25, 0.3) is 0 Å². The van der Waals surface area contributed by atoms with E-state index in [2.05, 4.69) is 17.1 Å². The summed E-state index contributed by atoms with van der Waals surface area (Å²) >= 11 is 0. The Hall–Kier alpha value is -1.89. The maximum absolute atomic E-state index is 12.8. The molecule has 0 aromatic carbocycles. The van der Waals surface area contributed by atoms with Crippen molar-refractivity contribution in [2.75, 3.05) is 39.9 Å². The molecule has 0 radical (unpaired) electrons. The summed E-state index contributed by atoms with van der Waals surface area (Å²) in [6, 6.07) is 0. The van der Waals surface area contributed by atoms with E-state index in [0.717, 1.165) is 64.0 Å². The minimum Gasteiger partial charge on any atom is -0.385 e. The van der Waals surface area contributed by atoms with Crippen molar-refractivity contribution in [3.05, 3.63) is 17.5 Å². The van der Waals surface area contributed by atoms with Gasteiger partial charge in [0.2, 0.25) is 5.91 Å². The van der Waals surface area contributed by atoms with Crippen LogP contribution in [0.2, 0.25) is 0 Å². The lowest BCUT2D eigenvalue weighted by atomic mass is 9.77. The molecular weight excluding hydrogens is 332 g/mol. The van der Waals surface area contributed by atoms with Gasteiger partial charge in [0.15, 0.2) is 0 Å². The predicted molar refractivity (Wildman–Crippen MR) is 97.8 cm³/mol. The van der Waals surface area contributed by atoms with Gasteiger partial charge in [0.05, 0.1) is 11.8 Å². The van der Waals surface area contributed by atoms with Crippen LogP contribution >= 0.6 is 0 Å². The molecule has 26 heavy (non-hydrogen) atoms. The van der Waals surface area contributed by atoms with E-state index in [9.17, 15) is 9.59 Å². The van der Waals surface area contributed by atoms with Crippen molar-refractivity contribution >= 4 is 11.8 Å². The van der Waals surface area contributed by atoms with Crippen molar-refractivity contribution in [1.82, 2.24) is 20.0 Å². The fraction of sp³-hybridized carbons (Fsp3) is 0.737. The molecule has 0 unspecified atom stereocenters. The Morgan fingerprint density at radius 3 is 2.85 bits per heavy atom. The molecule has 0 atom stereocenters. The van der Waals surface area contributed by atoms with Gasteiger partial charge < -0.3 is 14.5 Å². The van der Waals surface area contributed by atoms with Gasteiger partial charge in [-0.2, -0.15) is 5.10 Å². The van der Waals surface area contributed by atoms with Gasteiger partial charge >= 0.3 is 0 Å². The zero-order valence-corrected chi connectivity index (χ0v) is 15.9. The summed E-state index contributed by atoms with van der Waals surface area (Å²) in [5.74, 6) is 0.319. The minimum atomic E-state index is 0.0452. The molecule has 144 valence electrons. The highest BCUT2D eigenvalue weighted by Gasteiger charge is 2.45. The number of carbonyl (C=O) groups is 2. The van der Waals surface area contributed by atoms with E-state index < -0.39 is 0 Å². The van der Waals surface area contributed by atoms with E-state index in [0.29, 0.717) is 18.6 Å². The van der Waals surface area contributed by atoms with E-state index in [1.54, 1.807) is 13.3 Å². The second-order valence-corrected chi connectivity index (χ2v) is 7.64. The van der Waals surface area contributed by atoms with E-state index >= 15 is 0 Å². The van der Waals surface area contributed by atoms with Crippen LogP contribution in [0.4, 0.5) is 0 Å². The molecule has 2 saturated heterocycles. The van der Waals surface area contributed by atoms with Gasteiger partial charge in [0.1, 0.15) is 0 Å². The number of piperidine rings is 1. The van der Waals surface area contributed by atoms with E-state index in [1.165, 1.54) is 0 Å². The van der Waals surface area contributed by atoms with Crippen LogP contribution in [0.3, 0.4) is 0 Å². The lowest BCUT2D eigenvalue weighted by Gasteiger charge is -2.38. The molecule has 2 amide bonds. The number of carbonyl (C=O) groups excluding carboxylic acids is 2. The normalized spacial score (nSPS) is 19.5. The zero-order valence-electron chi connectivity index (χ0n) is 15.9. The van der Waals surface area contributed by atoms with Crippen molar-refractivity contribution in [1.29, 1.82) is 0 Å². The van der Waals surface area contributed by atoms with E-state index in [1.807, 2.05) is 9.80 Å². The molecule has 1 N–H and O–H groups in total. The maximum atomic E-state index is 12.8. The van der Waals surface area contributed by atoms with Crippen molar-refractivity contribution in [2.24, 2.45) is 5.41 Å². The van der Waals surface area contributed by atoms with Crippen LogP contribution in [-0.4, -0.2) is 71.7 Å². The molecule has 1 spiro atoms. The van der Waals surface area contributed by atoms with Crippen molar-refractivity contribution in [3.63, 3.8) is 0 Å². The first-order valence-corrected chi connectivity index (χ1v) is 9.67. The Morgan fingerprint density at radius 2 is 2.15 bits per heavy atom. The number of rotatable bonds is 7. The van der Waals surface area contributed by atoms with Gasteiger partial charge in [-0.3, -0.25) is 14.7 Å². The molecule has 0 aliphatic carbocycles. The maximum Gasteiger partial charge on any atom is 0.257 e. The fourth-order valence-corrected chi connectivity index (χ4v) is 4.21. The second-order valence-electron chi connectivity index (χ2n) is 7.64. The monoisotopic (exact) mass is 362 g/mol. The number of likely N-dealkylation sites (tertiary alicyclic amines) is 2. The van der Waals surface area contributed by atoms with Crippen LogP contribution < -0.4 is 0 Å². The summed E-state index contributed by atoms with van der Waals surface area (Å²) in [5.41, 5.74) is 1.67. The lowest BCUT2D eigenvalue weighted by molar-refractivity contribution is -0.128. The van der Waals surface area contributed by atoms with Gasteiger partial charge in [-0.25, -0.2) is 0 Å². The van der Waals surface area contributed by atoms with Gasteiger partial charge in [-0.15, -0.1) is 0 Å². The number of methoxy groups -OCH3 is 1. The van der Waals surface area contributed by atoms with Gasteiger partial charge in [0.25, 0.3) is 5.91 Å². The Kier molecular flexibility index (Phi) is 5.96. The summed E-state index contributed by atoms with van der Waals surface area (Å²) in [7, 11) is 1.69. The van der Waals surface area contributed by atoms with Crippen LogP contribution in [0, 0.1) is 5.41 Å². The molecule has 2 fully saturated rings. The number of nitrogens with one attached hydrogen (secondary N) is 1. The molecular formula is C19H30N4O3. The third-order valence-electron chi connectivity index (χ3n) is 5.74. The molecule has 1 aromatic heterocycles. The standard InChI is InChI=1S/C19H30N4O3/c1-3-5-16-15(13-20-21-16)18(25)22-9-6-19(7-10-22)12-17(24)23(14-19)8-4-11-26-2/h13H,3-12,14H2,1-2H3,(H,20,21). The summed E-state index contributed by atoms with van der Waals surface area (Å²) < 4.78 is 5.09. The van der Waals surface area contributed by atoms with Crippen LogP contribution in [-0.2, 0) is 16.0 Å². The largest absolute Gasteiger partial charge is 0.385 e. The average molecular weight is 362 g/mol. The van der Waals surface area contributed by atoms with Gasteiger partial charge in [-0.1, -0.05) is 13.3 Å². The highest BCUT2D eigenvalue weighted by molar-refractivity contribution is 5.95. The molecule has 2 aliphatic heterocycles. The average Bonchev–Trinajstić information content (AvgIpc) is 3.21. The number of aromatic amines is 1. The second kappa shape index (κ2) is 8.20. The first kappa shape index (κ1) is 18.9. The number of hydrogen-bond acceptors (Lipinski definition) is 4. The van der Waals surface area contributed by atoms with Crippen molar-refractivity contribution in [2.45, 2.75) is 45.4 Å². The number of hydrogen-bond donors (Lipinski definition) is 1. The van der Waals surface area contributed by atoms with Crippen molar-refractivity contribution < 1.29 is 14.3 Å². The number of amides is 2. The predicted octanol–water partition coefficient (Wildman–Crippen LogP) is 1.85. The van der Waals surface area contributed by atoms with Crippen LogP contribution in [0.15, 0.2) is 6.20 Å². The van der Waals surface area contributed by atoms with Crippen molar-refractivity contribution in [3.8, 4) is 0 Å². The number of ether oxygens (including phenoxy) is 1.